The lowest BCUT2D eigenvalue weighted by molar-refractivity contribution is 0.553. The minimum absolute atomic E-state index is 0.139. The summed E-state index contributed by atoms with van der Waals surface area (Å²) in [5.41, 5.74) is 3.33. The SMILES string of the molecule is C[C@@H](c1cccc(F)c1)n1nnc2cnc3ccc(Br)cc3c21. The van der Waals surface area contributed by atoms with Crippen LogP contribution in [-0.4, -0.2) is 20.0 Å². The molecule has 0 aliphatic carbocycles. The predicted octanol–water partition coefficient (Wildman–Crippen LogP) is 4.49. The maximum absolute atomic E-state index is 13.5. The van der Waals surface area contributed by atoms with Gasteiger partial charge in [-0.3, -0.25) is 4.98 Å². The quantitative estimate of drug-likeness (QED) is 0.522. The molecular formula is C17H12BrFN4. The smallest absolute Gasteiger partial charge is 0.132 e. The number of halogens is 2. The van der Waals surface area contributed by atoms with Crippen molar-refractivity contribution in [2.24, 2.45) is 0 Å². The Kier molecular flexibility index (Phi) is 3.34. The molecule has 0 unspecified atom stereocenters. The third-order valence-electron chi connectivity index (χ3n) is 3.96. The molecule has 2 heterocycles. The Balaban J connectivity index is 1.98. The fraction of sp³-hybridized carbons (Fsp3) is 0.118. The molecule has 0 saturated carbocycles. The fourth-order valence-corrected chi connectivity index (χ4v) is 3.14. The number of hydrogen-bond acceptors (Lipinski definition) is 3. The van der Waals surface area contributed by atoms with Crippen molar-refractivity contribution in [2.75, 3.05) is 0 Å². The lowest BCUT2D eigenvalue weighted by atomic mass is 10.1. The van der Waals surface area contributed by atoms with E-state index in [0.29, 0.717) is 0 Å². The number of aromatic nitrogens is 4. The number of nitrogens with zero attached hydrogens (tertiary/aromatic N) is 4. The molecule has 23 heavy (non-hydrogen) atoms. The number of rotatable bonds is 2. The van der Waals surface area contributed by atoms with Crippen LogP contribution >= 0.6 is 15.9 Å². The molecule has 2 aromatic heterocycles. The third-order valence-corrected chi connectivity index (χ3v) is 4.45. The zero-order chi connectivity index (χ0) is 16.0. The molecule has 0 radical (unpaired) electrons. The third kappa shape index (κ3) is 2.39. The number of hydrogen-bond donors (Lipinski definition) is 0. The van der Waals surface area contributed by atoms with Crippen LogP contribution in [-0.2, 0) is 0 Å². The first-order valence-corrected chi connectivity index (χ1v) is 7.97. The van der Waals surface area contributed by atoms with Crippen LogP contribution in [0.3, 0.4) is 0 Å². The van der Waals surface area contributed by atoms with Gasteiger partial charge in [-0.25, -0.2) is 9.07 Å². The molecule has 4 rings (SSSR count). The highest BCUT2D eigenvalue weighted by molar-refractivity contribution is 9.10. The van der Waals surface area contributed by atoms with Crippen LogP contribution < -0.4 is 0 Å². The van der Waals surface area contributed by atoms with E-state index in [4.69, 9.17) is 0 Å². The Labute approximate surface area is 140 Å². The van der Waals surface area contributed by atoms with E-state index in [2.05, 4.69) is 31.2 Å². The summed E-state index contributed by atoms with van der Waals surface area (Å²) in [6.45, 7) is 1.98. The van der Waals surface area contributed by atoms with E-state index in [1.54, 1.807) is 12.3 Å². The van der Waals surface area contributed by atoms with Crippen molar-refractivity contribution in [3.63, 3.8) is 0 Å². The summed E-state index contributed by atoms with van der Waals surface area (Å²) in [6.07, 6.45) is 1.72. The summed E-state index contributed by atoms with van der Waals surface area (Å²) in [7, 11) is 0. The minimum Gasteiger partial charge on any atom is -0.254 e. The molecule has 0 spiro atoms. The van der Waals surface area contributed by atoms with Gasteiger partial charge in [-0.1, -0.05) is 33.3 Å². The van der Waals surface area contributed by atoms with Crippen molar-refractivity contribution in [3.8, 4) is 0 Å². The lowest BCUT2D eigenvalue weighted by Crippen LogP contribution is -2.09. The van der Waals surface area contributed by atoms with Crippen LogP contribution in [0.4, 0.5) is 4.39 Å². The second-order valence-electron chi connectivity index (χ2n) is 5.42. The second-order valence-corrected chi connectivity index (χ2v) is 6.33. The summed E-state index contributed by atoms with van der Waals surface area (Å²) in [4.78, 5) is 4.41. The Hall–Kier alpha value is -2.34. The van der Waals surface area contributed by atoms with Crippen LogP contribution in [0.15, 0.2) is 53.1 Å². The maximum atomic E-state index is 13.5. The van der Waals surface area contributed by atoms with E-state index in [-0.39, 0.29) is 11.9 Å². The largest absolute Gasteiger partial charge is 0.254 e. The summed E-state index contributed by atoms with van der Waals surface area (Å²) in [6, 6.07) is 12.3. The zero-order valence-electron chi connectivity index (χ0n) is 12.2. The van der Waals surface area contributed by atoms with Gasteiger partial charge in [0.15, 0.2) is 0 Å². The molecule has 2 aromatic carbocycles. The van der Waals surface area contributed by atoms with Gasteiger partial charge in [0, 0.05) is 9.86 Å². The fourth-order valence-electron chi connectivity index (χ4n) is 2.77. The molecule has 4 aromatic rings. The first kappa shape index (κ1) is 14.3. The van der Waals surface area contributed by atoms with Gasteiger partial charge in [-0.05, 0) is 42.8 Å². The Morgan fingerprint density at radius 1 is 1.13 bits per heavy atom. The van der Waals surface area contributed by atoms with E-state index in [1.165, 1.54) is 12.1 Å². The Morgan fingerprint density at radius 3 is 2.83 bits per heavy atom. The van der Waals surface area contributed by atoms with E-state index in [1.807, 2.05) is 35.9 Å². The number of pyridine rings is 1. The molecule has 0 N–H and O–H groups in total. The molecule has 0 bridgehead atoms. The predicted molar refractivity (Wildman–Crippen MR) is 90.7 cm³/mol. The highest BCUT2D eigenvalue weighted by Crippen LogP contribution is 2.29. The first-order chi connectivity index (χ1) is 11.1. The van der Waals surface area contributed by atoms with Gasteiger partial charge in [0.1, 0.15) is 16.9 Å². The highest BCUT2D eigenvalue weighted by atomic mass is 79.9. The average Bonchev–Trinajstić information content (AvgIpc) is 2.98. The van der Waals surface area contributed by atoms with Crippen molar-refractivity contribution in [2.45, 2.75) is 13.0 Å². The van der Waals surface area contributed by atoms with Gasteiger partial charge in [0.2, 0.25) is 0 Å². The average molecular weight is 371 g/mol. The molecule has 0 fully saturated rings. The molecular weight excluding hydrogens is 359 g/mol. The van der Waals surface area contributed by atoms with Crippen LogP contribution in [0.2, 0.25) is 0 Å². The van der Waals surface area contributed by atoms with Crippen LogP contribution in [0, 0.1) is 5.82 Å². The molecule has 0 aliphatic heterocycles. The molecule has 114 valence electrons. The molecule has 0 saturated heterocycles. The summed E-state index contributed by atoms with van der Waals surface area (Å²) in [5.74, 6) is -0.256. The van der Waals surface area contributed by atoms with Gasteiger partial charge < -0.3 is 0 Å². The normalized spacial score (nSPS) is 12.8. The summed E-state index contributed by atoms with van der Waals surface area (Å²) >= 11 is 3.50. The van der Waals surface area contributed by atoms with Gasteiger partial charge in [0.25, 0.3) is 0 Å². The zero-order valence-corrected chi connectivity index (χ0v) is 13.8. The van der Waals surface area contributed by atoms with Crippen molar-refractivity contribution >= 4 is 37.9 Å². The second kappa shape index (κ2) is 5.38. The summed E-state index contributed by atoms with van der Waals surface area (Å²) in [5, 5.41) is 9.44. The first-order valence-electron chi connectivity index (χ1n) is 7.18. The molecule has 1 atom stereocenters. The highest BCUT2D eigenvalue weighted by Gasteiger charge is 2.16. The van der Waals surface area contributed by atoms with Gasteiger partial charge in [0.05, 0.1) is 17.8 Å². The van der Waals surface area contributed by atoms with Crippen LogP contribution in [0.25, 0.3) is 21.9 Å². The van der Waals surface area contributed by atoms with E-state index in [9.17, 15) is 4.39 Å². The van der Waals surface area contributed by atoms with Gasteiger partial charge in [-0.15, -0.1) is 5.10 Å². The minimum atomic E-state index is -0.256. The standard InChI is InChI=1S/C17H12BrFN4/c1-10(11-3-2-4-13(19)7-11)23-17-14-8-12(18)5-6-15(14)20-9-16(17)21-22-23/h2-10H,1H3/t10-/m0/s1. The van der Waals surface area contributed by atoms with Gasteiger partial charge in [-0.2, -0.15) is 0 Å². The van der Waals surface area contributed by atoms with E-state index in [0.717, 1.165) is 32.0 Å². The van der Waals surface area contributed by atoms with E-state index >= 15 is 0 Å². The molecule has 0 aliphatic rings. The summed E-state index contributed by atoms with van der Waals surface area (Å²) < 4.78 is 16.3. The molecule has 6 heteroatoms. The van der Waals surface area contributed by atoms with Crippen LogP contribution in [0.1, 0.15) is 18.5 Å². The Morgan fingerprint density at radius 2 is 2.00 bits per heavy atom. The van der Waals surface area contributed by atoms with Crippen molar-refractivity contribution in [1.29, 1.82) is 0 Å². The topological polar surface area (TPSA) is 43.6 Å². The van der Waals surface area contributed by atoms with Crippen molar-refractivity contribution < 1.29 is 4.39 Å². The number of fused-ring (bicyclic) bond motifs is 3. The number of benzene rings is 2. The molecule has 4 nitrogen and oxygen atoms in total. The van der Waals surface area contributed by atoms with Gasteiger partial charge >= 0.3 is 0 Å². The monoisotopic (exact) mass is 370 g/mol. The molecule has 0 amide bonds. The maximum Gasteiger partial charge on any atom is 0.132 e. The van der Waals surface area contributed by atoms with Crippen LogP contribution in [0.5, 0.6) is 0 Å². The van der Waals surface area contributed by atoms with E-state index < -0.39 is 0 Å². The van der Waals surface area contributed by atoms with Crippen molar-refractivity contribution in [1.82, 2.24) is 20.0 Å². The lowest BCUT2D eigenvalue weighted by Gasteiger charge is -2.14. The van der Waals surface area contributed by atoms with Crippen molar-refractivity contribution in [3.05, 3.63) is 64.5 Å². The Bertz CT molecular complexity index is 1030.